The molecule has 86 valence electrons. The summed E-state index contributed by atoms with van der Waals surface area (Å²) in [4.78, 5) is 9.97. The molecule has 1 aromatic carbocycles. The lowest BCUT2D eigenvalue weighted by atomic mass is 10.0. The summed E-state index contributed by atoms with van der Waals surface area (Å²) in [6.07, 6.45) is 0.557. The number of aromatic hydroxyl groups is 1. The van der Waals surface area contributed by atoms with Crippen LogP contribution in [-0.2, 0) is 0 Å². The van der Waals surface area contributed by atoms with Gasteiger partial charge in [-0.1, -0.05) is 11.6 Å². The molecule has 5 heteroatoms. The van der Waals surface area contributed by atoms with Crippen LogP contribution in [0.4, 0.5) is 5.69 Å². The lowest BCUT2D eigenvalue weighted by molar-refractivity contribution is -0.385. The SMILES string of the molecule is C=C(C)C[C@H](N)c1ccc(O)c([N+](=O)[O-])c1. The Bertz CT molecular complexity index is 429. The highest BCUT2D eigenvalue weighted by Gasteiger charge is 2.16. The Hall–Kier alpha value is -1.88. The molecule has 1 atom stereocenters. The summed E-state index contributed by atoms with van der Waals surface area (Å²) in [7, 11) is 0. The summed E-state index contributed by atoms with van der Waals surface area (Å²) < 4.78 is 0. The molecule has 0 amide bonds. The van der Waals surface area contributed by atoms with Crippen molar-refractivity contribution in [3.05, 3.63) is 46.0 Å². The molecule has 0 aliphatic rings. The molecule has 0 aliphatic heterocycles. The summed E-state index contributed by atoms with van der Waals surface area (Å²) in [5.74, 6) is -0.351. The Morgan fingerprint density at radius 3 is 2.81 bits per heavy atom. The minimum atomic E-state index is -0.633. The number of nitro groups is 1. The number of rotatable bonds is 4. The van der Waals surface area contributed by atoms with E-state index >= 15 is 0 Å². The van der Waals surface area contributed by atoms with Crippen LogP contribution in [0.25, 0.3) is 0 Å². The molecule has 0 saturated heterocycles. The van der Waals surface area contributed by atoms with E-state index in [0.717, 1.165) is 5.57 Å². The van der Waals surface area contributed by atoms with Gasteiger partial charge in [0.1, 0.15) is 0 Å². The van der Waals surface area contributed by atoms with Gasteiger partial charge in [0.25, 0.3) is 0 Å². The number of benzene rings is 1. The summed E-state index contributed by atoms with van der Waals surface area (Å²) in [5.41, 5.74) is 7.05. The van der Waals surface area contributed by atoms with E-state index in [2.05, 4.69) is 6.58 Å². The van der Waals surface area contributed by atoms with Crippen molar-refractivity contribution >= 4 is 5.69 Å². The van der Waals surface area contributed by atoms with Gasteiger partial charge in [-0.15, -0.1) is 6.58 Å². The van der Waals surface area contributed by atoms with Gasteiger partial charge in [-0.25, -0.2) is 0 Å². The van der Waals surface area contributed by atoms with E-state index in [1.807, 2.05) is 6.92 Å². The first-order chi connectivity index (χ1) is 7.41. The highest BCUT2D eigenvalue weighted by molar-refractivity contribution is 5.48. The largest absolute Gasteiger partial charge is 0.502 e. The Labute approximate surface area is 93.4 Å². The number of hydrogen-bond acceptors (Lipinski definition) is 4. The van der Waals surface area contributed by atoms with Crippen molar-refractivity contribution in [1.82, 2.24) is 0 Å². The standard InChI is InChI=1S/C11H14N2O3/c1-7(2)5-9(12)8-3-4-11(14)10(6-8)13(15)16/h3-4,6,9,14H,1,5,12H2,2H3/t9-/m0/s1. The lowest BCUT2D eigenvalue weighted by Crippen LogP contribution is -2.10. The van der Waals surface area contributed by atoms with Gasteiger partial charge < -0.3 is 10.8 Å². The fraction of sp³-hybridized carbons (Fsp3) is 0.273. The maximum Gasteiger partial charge on any atom is 0.311 e. The zero-order valence-electron chi connectivity index (χ0n) is 9.01. The van der Waals surface area contributed by atoms with Gasteiger partial charge in [0, 0.05) is 12.1 Å². The number of phenols is 1. The van der Waals surface area contributed by atoms with Crippen molar-refractivity contribution < 1.29 is 10.0 Å². The summed E-state index contributed by atoms with van der Waals surface area (Å²) in [6.45, 7) is 5.57. The molecule has 1 rings (SSSR count). The molecular weight excluding hydrogens is 208 g/mol. The molecule has 0 unspecified atom stereocenters. The van der Waals surface area contributed by atoms with E-state index in [4.69, 9.17) is 5.73 Å². The second-order valence-electron chi connectivity index (χ2n) is 3.77. The van der Waals surface area contributed by atoms with Gasteiger partial charge in [0.05, 0.1) is 4.92 Å². The van der Waals surface area contributed by atoms with Crippen molar-refractivity contribution in [3.8, 4) is 5.75 Å². The minimum Gasteiger partial charge on any atom is -0.502 e. The van der Waals surface area contributed by atoms with Crippen LogP contribution in [0.5, 0.6) is 5.75 Å². The third-order valence-corrected chi connectivity index (χ3v) is 2.19. The summed E-state index contributed by atoms with van der Waals surface area (Å²) in [5, 5.41) is 19.9. The minimum absolute atomic E-state index is 0.324. The van der Waals surface area contributed by atoms with Gasteiger partial charge in [-0.3, -0.25) is 10.1 Å². The molecule has 0 heterocycles. The molecule has 3 N–H and O–H groups in total. The molecule has 0 aliphatic carbocycles. The van der Waals surface area contributed by atoms with E-state index in [1.54, 1.807) is 6.07 Å². The fourth-order valence-corrected chi connectivity index (χ4v) is 1.41. The van der Waals surface area contributed by atoms with E-state index in [0.29, 0.717) is 12.0 Å². The molecule has 0 fully saturated rings. The highest BCUT2D eigenvalue weighted by atomic mass is 16.6. The number of nitrogens with two attached hydrogens (primary N) is 1. The maximum absolute atomic E-state index is 10.6. The lowest BCUT2D eigenvalue weighted by Gasteiger charge is -2.11. The first-order valence-electron chi connectivity index (χ1n) is 4.79. The van der Waals surface area contributed by atoms with Crippen molar-refractivity contribution in [2.24, 2.45) is 5.73 Å². The maximum atomic E-state index is 10.6. The zero-order chi connectivity index (χ0) is 12.3. The van der Waals surface area contributed by atoms with Gasteiger partial charge in [0.2, 0.25) is 0 Å². The van der Waals surface area contributed by atoms with Crippen LogP contribution in [0, 0.1) is 10.1 Å². The molecule has 1 aromatic rings. The molecule has 0 saturated carbocycles. The third kappa shape index (κ3) is 2.80. The Morgan fingerprint density at radius 2 is 2.31 bits per heavy atom. The van der Waals surface area contributed by atoms with E-state index in [-0.39, 0.29) is 17.5 Å². The van der Waals surface area contributed by atoms with Crippen molar-refractivity contribution in [2.45, 2.75) is 19.4 Å². The van der Waals surface area contributed by atoms with Crippen LogP contribution in [0.1, 0.15) is 24.9 Å². The Kier molecular flexibility index (Phi) is 3.63. The predicted octanol–water partition coefficient (Wildman–Crippen LogP) is 2.27. The quantitative estimate of drug-likeness (QED) is 0.464. The van der Waals surface area contributed by atoms with Gasteiger partial charge >= 0.3 is 5.69 Å². The second kappa shape index (κ2) is 4.76. The van der Waals surface area contributed by atoms with E-state index < -0.39 is 4.92 Å². The fourth-order valence-electron chi connectivity index (χ4n) is 1.41. The van der Waals surface area contributed by atoms with Gasteiger partial charge in [0.15, 0.2) is 5.75 Å². The molecule has 5 nitrogen and oxygen atoms in total. The van der Waals surface area contributed by atoms with Gasteiger partial charge in [-0.2, -0.15) is 0 Å². The van der Waals surface area contributed by atoms with Crippen LogP contribution in [0.15, 0.2) is 30.4 Å². The third-order valence-electron chi connectivity index (χ3n) is 2.19. The molecular formula is C11H14N2O3. The van der Waals surface area contributed by atoms with E-state index in [9.17, 15) is 15.2 Å². The molecule has 0 bridgehead atoms. The van der Waals surface area contributed by atoms with Crippen molar-refractivity contribution in [3.63, 3.8) is 0 Å². The number of phenolic OH excluding ortho intramolecular Hbond substituents is 1. The van der Waals surface area contributed by atoms with Crippen molar-refractivity contribution in [1.29, 1.82) is 0 Å². The highest BCUT2D eigenvalue weighted by Crippen LogP contribution is 2.29. The Balaban J connectivity index is 3.02. The van der Waals surface area contributed by atoms with Crippen LogP contribution in [0.2, 0.25) is 0 Å². The first kappa shape index (κ1) is 12.2. The zero-order valence-corrected chi connectivity index (χ0v) is 9.01. The average Bonchev–Trinajstić information content (AvgIpc) is 2.16. The second-order valence-corrected chi connectivity index (χ2v) is 3.77. The molecule has 0 radical (unpaired) electrons. The van der Waals surface area contributed by atoms with Crippen LogP contribution in [0.3, 0.4) is 0 Å². The van der Waals surface area contributed by atoms with Gasteiger partial charge in [-0.05, 0) is 25.0 Å². The number of hydrogen-bond donors (Lipinski definition) is 2. The smallest absolute Gasteiger partial charge is 0.311 e. The van der Waals surface area contributed by atoms with E-state index in [1.165, 1.54) is 12.1 Å². The summed E-state index contributed by atoms with van der Waals surface area (Å²) >= 11 is 0. The first-order valence-corrected chi connectivity index (χ1v) is 4.79. The Morgan fingerprint density at radius 1 is 1.69 bits per heavy atom. The normalized spacial score (nSPS) is 12.1. The topological polar surface area (TPSA) is 89.4 Å². The molecule has 0 spiro atoms. The van der Waals surface area contributed by atoms with Crippen LogP contribution < -0.4 is 5.73 Å². The van der Waals surface area contributed by atoms with Crippen molar-refractivity contribution in [2.75, 3.05) is 0 Å². The monoisotopic (exact) mass is 222 g/mol. The van der Waals surface area contributed by atoms with Crippen LogP contribution in [-0.4, -0.2) is 10.0 Å². The molecule has 0 aromatic heterocycles. The average molecular weight is 222 g/mol. The summed E-state index contributed by atoms with van der Waals surface area (Å²) in [6, 6.07) is 3.82. The molecule has 16 heavy (non-hydrogen) atoms. The number of nitro benzene ring substituents is 1. The van der Waals surface area contributed by atoms with Crippen LogP contribution >= 0.6 is 0 Å². The number of nitrogens with zero attached hydrogens (tertiary/aromatic N) is 1. The predicted molar refractivity (Wildman–Crippen MR) is 61.1 cm³/mol.